The highest BCUT2D eigenvalue weighted by Crippen LogP contribution is 2.32. The Morgan fingerprint density at radius 1 is 1.33 bits per heavy atom. The maximum absolute atomic E-state index is 12.2. The van der Waals surface area contributed by atoms with Gasteiger partial charge in [0, 0.05) is 17.1 Å². The van der Waals surface area contributed by atoms with Gasteiger partial charge in [0.25, 0.3) is 0 Å². The van der Waals surface area contributed by atoms with Crippen molar-refractivity contribution in [3.63, 3.8) is 0 Å². The molecule has 1 saturated heterocycles. The summed E-state index contributed by atoms with van der Waals surface area (Å²) in [5, 5.41) is 3.29. The molecule has 0 saturated carbocycles. The van der Waals surface area contributed by atoms with Gasteiger partial charge in [-0.1, -0.05) is 39.1 Å². The molecular weight excluding hydrogens is 363 g/mol. The van der Waals surface area contributed by atoms with E-state index in [9.17, 15) is 8.42 Å². The van der Waals surface area contributed by atoms with E-state index in [0.29, 0.717) is 11.0 Å². The fourth-order valence-corrected chi connectivity index (χ4v) is 5.03. The molecular formula is C10H11BrCl2N2O2S. The summed E-state index contributed by atoms with van der Waals surface area (Å²) in [6, 6.07) is 2.90. The van der Waals surface area contributed by atoms with Gasteiger partial charge >= 0.3 is 0 Å². The molecule has 0 unspecified atom stereocenters. The van der Waals surface area contributed by atoms with Crippen molar-refractivity contribution in [2.75, 3.05) is 13.1 Å². The molecule has 1 aromatic rings. The van der Waals surface area contributed by atoms with Crippen LogP contribution in [0.1, 0.15) is 6.42 Å². The molecule has 100 valence electrons. The third-order valence-electron chi connectivity index (χ3n) is 2.61. The van der Waals surface area contributed by atoms with Crippen LogP contribution in [0.2, 0.25) is 10.0 Å². The topological polar surface area (TPSA) is 58.2 Å². The zero-order valence-corrected chi connectivity index (χ0v) is 13.1. The number of nitrogens with one attached hydrogen (secondary N) is 2. The van der Waals surface area contributed by atoms with E-state index in [4.69, 9.17) is 23.2 Å². The standard InChI is InChI=1S/C10H11BrCl2N2O2S/c11-6-3-8(12)10(9(13)4-6)18(16,17)15-7-1-2-14-5-7/h3-4,7,14-15H,1-2,5H2/t7-/m1/s1. The number of rotatable bonds is 3. The maximum atomic E-state index is 12.2. The van der Waals surface area contributed by atoms with Gasteiger partial charge in [-0.15, -0.1) is 0 Å². The monoisotopic (exact) mass is 372 g/mol. The first kappa shape index (κ1) is 14.6. The molecule has 1 aliphatic rings. The van der Waals surface area contributed by atoms with E-state index in [2.05, 4.69) is 26.0 Å². The van der Waals surface area contributed by atoms with Crippen LogP contribution in [0.5, 0.6) is 0 Å². The van der Waals surface area contributed by atoms with Gasteiger partial charge in [-0.2, -0.15) is 0 Å². The van der Waals surface area contributed by atoms with Crippen LogP contribution in [0.15, 0.2) is 21.5 Å². The first-order valence-electron chi connectivity index (χ1n) is 5.28. The second-order valence-electron chi connectivity index (χ2n) is 4.01. The normalized spacial score (nSPS) is 20.3. The number of hydrogen-bond acceptors (Lipinski definition) is 3. The van der Waals surface area contributed by atoms with Gasteiger partial charge in [0.1, 0.15) is 4.90 Å². The van der Waals surface area contributed by atoms with Gasteiger partial charge in [0.05, 0.1) is 10.0 Å². The van der Waals surface area contributed by atoms with Crippen LogP contribution >= 0.6 is 39.1 Å². The molecule has 2 rings (SSSR count). The second kappa shape index (κ2) is 5.64. The SMILES string of the molecule is O=S(=O)(N[C@@H]1CCNC1)c1c(Cl)cc(Br)cc1Cl. The largest absolute Gasteiger partial charge is 0.315 e. The number of benzene rings is 1. The highest BCUT2D eigenvalue weighted by Gasteiger charge is 2.27. The fourth-order valence-electron chi connectivity index (χ4n) is 1.82. The van der Waals surface area contributed by atoms with Gasteiger partial charge in [-0.25, -0.2) is 13.1 Å². The number of sulfonamides is 1. The smallest absolute Gasteiger partial charge is 0.243 e. The van der Waals surface area contributed by atoms with Crippen LogP contribution < -0.4 is 10.0 Å². The lowest BCUT2D eigenvalue weighted by atomic mass is 10.3. The summed E-state index contributed by atoms with van der Waals surface area (Å²) < 4.78 is 27.7. The highest BCUT2D eigenvalue weighted by molar-refractivity contribution is 9.10. The number of hydrogen-bond donors (Lipinski definition) is 2. The molecule has 1 aromatic carbocycles. The molecule has 1 heterocycles. The van der Waals surface area contributed by atoms with E-state index >= 15 is 0 Å². The number of halogens is 3. The molecule has 18 heavy (non-hydrogen) atoms. The molecule has 0 amide bonds. The first-order valence-corrected chi connectivity index (χ1v) is 8.31. The average molecular weight is 374 g/mol. The molecule has 0 aliphatic carbocycles. The zero-order chi connectivity index (χ0) is 13.3. The van der Waals surface area contributed by atoms with Crippen molar-refractivity contribution in [2.45, 2.75) is 17.4 Å². The highest BCUT2D eigenvalue weighted by atomic mass is 79.9. The molecule has 1 fully saturated rings. The predicted molar refractivity (Wildman–Crippen MR) is 75.8 cm³/mol. The van der Waals surface area contributed by atoms with Crippen LogP contribution in [0, 0.1) is 0 Å². The molecule has 2 N–H and O–H groups in total. The Hall–Kier alpha value is 0.150. The first-order chi connectivity index (χ1) is 8.40. The molecule has 1 atom stereocenters. The Balaban J connectivity index is 2.34. The lowest BCUT2D eigenvalue weighted by molar-refractivity contribution is 0.560. The summed E-state index contributed by atoms with van der Waals surface area (Å²) in [4.78, 5) is -0.0686. The van der Waals surface area contributed by atoms with Crippen LogP contribution in [0.4, 0.5) is 0 Å². The molecule has 4 nitrogen and oxygen atoms in total. The van der Waals surface area contributed by atoms with E-state index in [0.717, 1.165) is 13.0 Å². The molecule has 0 aromatic heterocycles. The minimum absolute atomic E-state index is 0.0686. The van der Waals surface area contributed by atoms with Crippen LogP contribution in [0.25, 0.3) is 0 Å². The average Bonchev–Trinajstić information content (AvgIpc) is 2.66. The molecule has 0 bridgehead atoms. The summed E-state index contributed by atoms with van der Waals surface area (Å²) in [6.45, 7) is 1.42. The Kier molecular flexibility index (Phi) is 4.57. The van der Waals surface area contributed by atoms with Crippen LogP contribution in [-0.4, -0.2) is 27.5 Å². The van der Waals surface area contributed by atoms with Gasteiger partial charge in [-0.3, -0.25) is 0 Å². The van der Waals surface area contributed by atoms with Crippen molar-refractivity contribution in [3.05, 3.63) is 26.7 Å². The lowest BCUT2D eigenvalue weighted by Gasteiger charge is -2.14. The van der Waals surface area contributed by atoms with Crippen molar-refractivity contribution < 1.29 is 8.42 Å². The van der Waals surface area contributed by atoms with Gasteiger partial charge in [0.15, 0.2) is 0 Å². The van der Waals surface area contributed by atoms with Crippen molar-refractivity contribution in [2.24, 2.45) is 0 Å². The fraction of sp³-hybridized carbons (Fsp3) is 0.400. The van der Waals surface area contributed by atoms with Gasteiger partial charge in [-0.05, 0) is 25.1 Å². The van der Waals surface area contributed by atoms with Crippen molar-refractivity contribution in [1.82, 2.24) is 10.0 Å². The molecule has 0 spiro atoms. The van der Waals surface area contributed by atoms with Crippen molar-refractivity contribution in [1.29, 1.82) is 0 Å². The molecule has 8 heteroatoms. The van der Waals surface area contributed by atoms with Crippen molar-refractivity contribution in [3.8, 4) is 0 Å². The molecule has 0 radical (unpaired) electrons. The predicted octanol–water partition coefficient (Wildman–Crippen LogP) is 2.40. The van der Waals surface area contributed by atoms with E-state index < -0.39 is 10.0 Å². The van der Waals surface area contributed by atoms with E-state index in [-0.39, 0.29) is 21.0 Å². The van der Waals surface area contributed by atoms with Crippen LogP contribution in [0.3, 0.4) is 0 Å². The molecule has 1 aliphatic heterocycles. The lowest BCUT2D eigenvalue weighted by Crippen LogP contribution is -2.36. The van der Waals surface area contributed by atoms with Crippen molar-refractivity contribution >= 4 is 49.2 Å². The van der Waals surface area contributed by atoms with Gasteiger partial charge in [0.2, 0.25) is 10.0 Å². The van der Waals surface area contributed by atoms with Crippen LogP contribution in [-0.2, 0) is 10.0 Å². The summed E-state index contributed by atoms with van der Waals surface area (Å²) in [5.74, 6) is 0. The Labute approximate surface area is 124 Å². The third-order valence-corrected chi connectivity index (χ3v) is 5.51. The zero-order valence-electron chi connectivity index (χ0n) is 9.21. The summed E-state index contributed by atoms with van der Waals surface area (Å²) >= 11 is 15.1. The van der Waals surface area contributed by atoms with E-state index in [1.807, 2.05) is 0 Å². The third kappa shape index (κ3) is 3.18. The second-order valence-corrected chi connectivity index (χ2v) is 7.39. The maximum Gasteiger partial charge on any atom is 0.243 e. The Bertz CT molecular complexity index is 536. The quantitative estimate of drug-likeness (QED) is 0.855. The Morgan fingerprint density at radius 2 is 1.94 bits per heavy atom. The van der Waals surface area contributed by atoms with E-state index in [1.54, 1.807) is 0 Å². The summed E-state index contributed by atoms with van der Waals surface area (Å²) in [6.07, 6.45) is 0.755. The minimum Gasteiger partial charge on any atom is -0.315 e. The Morgan fingerprint density at radius 3 is 2.44 bits per heavy atom. The summed E-state index contributed by atoms with van der Waals surface area (Å²) in [7, 11) is -3.70. The summed E-state index contributed by atoms with van der Waals surface area (Å²) in [5.41, 5.74) is 0. The van der Waals surface area contributed by atoms with E-state index in [1.165, 1.54) is 12.1 Å². The van der Waals surface area contributed by atoms with Gasteiger partial charge < -0.3 is 5.32 Å². The minimum atomic E-state index is -3.70.